The Labute approximate surface area is 151 Å². The number of aryl methyl sites for hydroxylation is 1. The molecule has 1 unspecified atom stereocenters. The third-order valence-electron chi connectivity index (χ3n) is 5.39. The van der Waals surface area contributed by atoms with Crippen molar-refractivity contribution in [2.75, 3.05) is 51.8 Å². The summed E-state index contributed by atoms with van der Waals surface area (Å²) in [6.07, 6.45) is 4.47. The molecule has 2 aliphatic rings. The van der Waals surface area contributed by atoms with Crippen LogP contribution in [0, 0.1) is 0 Å². The van der Waals surface area contributed by atoms with Gasteiger partial charge in [-0.2, -0.15) is 0 Å². The maximum atomic E-state index is 13.0. The van der Waals surface area contributed by atoms with Gasteiger partial charge in [0, 0.05) is 57.1 Å². The molecule has 0 aromatic heterocycles. The second-order valence-electron chi connectivity index (χ2n) is 7.12. The van der Waals surface area contributed by atoms with E-state index in [0.717, 1.165) is 70.6 Å². The van der Waals surface area contributed by atoms with Crippen LogP contribution in [0.5, 0.6) is 0 Å². The summed E-state index contributed by atoms with van der Waals surface area (Å²) in [5.74, 6) is 0.181. The van der Waals surface area contributed by atoms with E-state index in [1.165, 1.54) is 11.3 Å². The standard InChI is InChI=1S/C20H31N3O2/c1-3-5-18-15-23(11-10-22(18)12-13-25-2)20(24)17-7-8-19-16(14-17)6-4-9-21-19/h7-8,14,18,21H,3-6,9-13,15H2,1-2H3. The molecule has 1 aromatic rings. The molecular formula is C20H31N3O2. The van der Waals surface area contributed by atoms with Crippen molar-refractivity contribution in [1.82, 2.24) is 9.80 Å². The average molecular weight is 345 g/mol. The first kappa shape index (κ1) is 18.2. The van der Waals surface area contributed by atoms with Crippen molar-refractivity contribution in [3.63, 3.8) is 0 Å². The van der Waals surface area contributed by atoms with Gasteiger partial charge >= 0.3 is 0 Å². The van der Waals surface area contributed by atoms with Crippen LogP contribution in [0.15, 0.2) is 18.2 Å². The second-order valence-corrected chi connectivity index (χ2v) is 7.12. The maximum absolute atomic E-state index is 13.0. The Morgan fingerprint density at radius 3 is 3.04 bits per heavy atom. The molecule has 5 heteroatoms. The van der Waals surface area contributed by atoms with Gasteiger partial charge in [-0.25, -0.2) is 0 Å². The molecule has 0 spiro atoms. The average Bonchev–Trinajstić information content (AvgIpc) is 2.66. The number of methoxy groups -OCH3 is 1. The van der Waals surface area contributed by atoms with Crippen LogP contribution < -0.4 is 5.32 Å². The summed E-state index contributed by atoms with van der Waals surface area (Å²) in [4.78, 5) is 17.5. The van der Waals surface area contributed by atoms with Crippen LogP contribution in [-0.2, 0) is 11.2 Å². The minimum absolute atomic E-state index is 0.181. The van der Waals surface area contributed by atoms with E-state index in [1.807, 2.05) is 11.0 Å². The molecule has 0 bridgehead atoms. The van der Waals surface area contributed by atoms with Gasteiger partial charge in [0.15, 0.2) is 0 Å². The molecule has 1 amide bonds. The molecule has 1 aromatic carbocycles. The number of carbonyl (C=O) groups excluding carboxylic acids is 1. The first-order chi connectivity index (χ1) is 12.2. The molecule has 1 saturated heterocycles. The number of ether oxygens (including phenoxy) is 1. The predicted octanol–water partition coefficient (Wildman–Crippen LogP) is 2.62. The summed E-state index contributed by atoms with van der Waals surface area (Å²) in [6.45, 7) is 7.52. The second kappa shape index (κ2) is 8.68. The summed E-state index contributed by atoms with van der Waals surface area (Å²) in [6, 6.07) is 6.58. The molecule has 25 heavy (non-hydrogen) atoms. The van der Waals surface area contributed by atoms with Gasteiger partial charge < -0.3 is 15.0 Å². The summed E-state index contributed by atoms with van der Waals surface area (Å²) in [5.41, 5.74) is 3.31. The Balaban J connectivity index is 1.68. The topological polar surface area (TPSA) is 44.8 Å². The number of benzene rings is 1. The smallest absolute Gasteiger partial charge is 0.253 e. The quantitative estimate of drug-likeness (QED) is 0.861. The molecule has 2 aliphatic heterocycles. The zero-order valence-corrected chi connectivity index (χ0v) is 15.6. The number of amides is 1. The van der Waals surface area contributed by atoms with E-state index in [4.69, 9.17) is 4.74 Å². The number of fused-ring (bicyclic) bond motifs is 1. The molecule has 0 aliphatic carbocycles. The first-order valence-corrected chi connectivity index (χ1v) is 9.62. The molecule has 0 saturated carbocycles. The largest absolute Gasteiger partial charge is 0.385 e. The molecule has 1 atom stereocenters. The highest BCUT2D eigenvalue weighted by molar-refractivity contribution is 5.95. The van der Waals surface area contributed by atoms with E-state index in [0.29, 0.717) is 6.04 Å². The molecule has 0 radical (unpaired) electrons. The van der Waals surface area contributed by atoms with Crippen LogP contribution >= 0.6 is 0 Å². The SMILES string of the molecule is CCCC1CN(C(=O)c2ccc3c(c2)CCCN3)CCN1CCOC. The molecule has 2 heterocycles. The lowest BCUT2D eigenvalue weighted by atomic mass is 9.99. The highest BCUT2D eigenvalue weighted by Crippen LogP contribution is 2.24. The van der Waals surface area contributed by atoms with Crippen LogP contribution in [0.3, 0.4) is 0 Å². The Morgan fingerprint density at radius 1 is 1.36 bits per heavy atom. The fraction of sp³-hybridized carbons (Fsp3) is 0.650. The summed E-state index contributed by atoms with van der Waals surface area (Å²) in [7, 11) is 1.75. The van der Waals surface area contributed by atoms with E-state index < -0.39 is 0 Å². The number of nitrogens with one attached hydrogen (secondary N) is 1. The minimum atomic E-state index is 0.181. The van der Waals surface area contributed by atoms with Crippen molar-refractivity contribution < 1.29 is 9.53 Å². The van der Waals surface area contributed by atoms with Gasteiger partial charge in [-0.3, -0.25) is 9.69 Å². The van der Waals surface area contributed by atoms with Crippen LogP contribution in [0.4, 0.5) is 5.69 Å². The van der Waals surface area contributed by atoms with E-state index >= 15 is 0 Å². The van der Waals surface area contributed by atoms with Gasteiger partial charge in [-0.15, -0.1) is 0 Å². The normalized spacial score (nSPS) is 20.9. The van der Waals surface area contributed by atoms with E-state index in [-0.39, 0.29) is 5.91 Å². The van der Waals surface area contributed by atoms with Crippen molar-refractivity contribution in [1.29, 1.82) is 0 Å². The third kappa shape index (κ3) is 4.33. The van der Waals surface area contributed by atoms with Gasteiger partial charge in [-0.1, -0.05) is 13.3 Å². The van der Waals surface area contributed by atoms with Crippen molar-refractivity contribution >= 4 is 11.6 Å². The molecule has 3 rings (SSSR count). The van der Waals surface area contributed by atoms with Gasteiger partial charge in [0.25, 0.3) is 5.91 Å². The molecule has 1 N–H and O–H groups in total. The Kier molecular flexibility index (Phi) is 6.32. The minimum Gasteiger partial charge on any atom is -0.385 e. The lowest BCUT2D eigenvalue weighted by Gasteiger charge is -2.41. The van der Waals surface area contributed by atoms with Gasteiger partial charge in [-0.05, 0) is 43.0 Å². The zero-order valence-electron chi connectivity index (χ0n) is 15.6. The third-order valence-corrected chi connectivity index (χ3v) is 5.39. The zero-order chi connectivity index (χ0) is 17.6. The number of piperazine rings is 1. The van der Waals surface area contributed by atoms with Crippen molar-refractivity contribution in [2.24, 2.45) is 0 Å². The summed E-state index contributed by atoms with van der Waals surface area (Å²) >= 11 is 0. The molecule has 5 nitrogen and oxygen atoms in total. The number of carbonyl (C=O) groups is 1. The predicted molar refractivity (Wildman–Crippen MR) is 101 cm³/mol. The summed E-state index contributed by atoms with van der Waals surface area (Å²) < 4.78 is 5.24. The van der Waals surface area contributed by atoms with E-state index in [1.54, 1.807) is 7.11 Å². The van der Waals surface area contributed by atoms with Crippen molar-refractivity contribution in [3.05, 3.63) is 29.3 Å². The van der Waals surface area contributed by atoms with Gasteiger partial charge in [0.05, 0.1) is 6.61 Å². The highest BCUT2D eigenvalue weighted by atomic mass is 16.5. The number of anilines is 1. The maximum Gasteiger partial charge on any atom is 0.253 e. The van der Waals surface area contributed by atoms with Crippen molar-refractivity contribution in [3.8, 4) is 0 Å². The Bertz CT molecular complexity index is 590. The molecule has 138 valence electrons. The lowest BCUT2D eigenvalue weighted by molar-refractivity contribution is 0.0371. The van der Waals surface area contributed by atoms with Crippen LogP contribution in [0.1, 0.15) is 42.1 Å². The van der Waals surface area contributed by atoms with Gasteiger partial charge in [0.1, 0.15) is 0 Å². The number of rotatable bonds is 6. The fourth-order valence-electron chi connectivity index (χ4n) is 3.98. The van der Waals surface area contributed by atoms with Crippen molar-refractivity contribution in [2.45, 2.75) is 38.6 Å². The molecular weight excluding hydrogens is 314 g/mol. The first-order valence-electron chi connectivity index (χ1n) is 9.62. The molecule has 1 fully saturated rings. The van der Waals surface area contributed by atoms with Gasteiger partial charge in [0.2, 0.25) is 0 Å². The lowest BCUT2D eigenvalue weighted by Crippen LogP contribution is -2.55. The number of nitrogens with zero attached hydrogens (tertiary/aromatic N) is 2. The van der Waals surface area contributed by atoms with Crippen LogP contribution in [0.2, 0.25) is 0 Å². The Morgan fingerprint density at radius 2 is 2.24 bits per heavy atom. The monoisotopic (exact) mass is 345 g/mol. The highest BCUT2D eigenvalue weighted by Gasteiger charge is 2.29. The number of hydrogen-bond acceptors (Lipinski definition) is 4. The summed E-state index contributed by atoms with van der Waals surface area (Å²) in [5, 5.41) is 3.41. The Hall–Kier alpha value is -1.59. The fourth-order valence-corrected chi connectivity index (χ4v) is 3.98. The van der Waals surface area contributed by atoms with Crippen LogP contribution in [-0.4, -0.2) is 68.2 Å². The van der Waals surface area contributed by atoms with E-state index in [9.17, 15) is 4.79 Å². The van der Waals surface area contributed by atoms with E-state index in [2.05, 4.69) is 29.3 Å². The number of hydrogen-bond donors (Lipinski definition) is 1. The van der Waals surface area contributed by atoms with Crippen LogP contribution in [0.25, 0.3) is 0 Å².